The first-order valence-electron chi connectivity index (χ1n) is 9.86. The van der Waals surface area contributed by atoms with E-state index in [4.69, 9.17) is 9.47 Å². The van der Waals surface area contributed by atoms with E-state index >= 15 is 0 Å². The molecular weight excluding hydrogens is 412 g/mol. The van der Waals surface area contributed by atoms with Crippen LogP contribution in [0.15, 0.2) is 57.2 Å². The molecule has 0 radical (unpaired) electrons. The predicted octanol–water partition coefficient (Wildman–Crippen LogP) is 1.96. The van der Waals surface area contributed by atoms with Crippen molar-refractivity contribution in [2.45, 2.75) is 26.9 Å². The van der Waals surface area contributed by atoms with E-state index in [0.29, 0.717) is 29.4 Å². The maximum atomic E-state index is 12.2. The Morgan fingerprint density at radius 3 is 2.62 bits per heavy atom. The lowest BCUT2D eigenvalue weighted by Gasteiger charge is -2.13. The summed E-state index contributed by atoms with van der Waals surface area (Å²) in [7, 11) is 1.54. The third kappa shape index (κ3) is 5.72. The Labute approximate surface area is 184 Å². The number of aryl methyl sites for hydroxylation is 2. The highest BCUT2D eigenvalue weighted by molar-refractivity contribution is 5.86. The number of amides is 1. The summed E-state index contributed by atoms with van der Waals surface area (Å²) in [5, 5.41) is 3.98. The maximum Gasteiger partial charge on any atom is 0.325 e. The summed E-state index contributed by atoms with van der Waals surface area (Å²) in [6, 6.07) is 13.3. The van der Waals surface area contributed by atoms with E-state index in [1.165, 1.54) is 6.21 Å². The summed E-state index contributed by atoms with van der Waals surface area (Å²) in [6.45, 7) is 3.90. The van der Waals surface area contributed by atoms with E-state index in [1.807, 2.05) is 31.2 Å². The van der Waals surface area contributed by atoms with Crippen LogP contribution in [0, 0.1) is 13.8 Å². The van der Waals surface area contributed by atoms with Crippen molar-refractivity contribution in [1.29, 1.82) is 0 Å². The summed E-state index contributed by atoms with van der Waals surface area (Å²) in [6.07, 6.45) is 1.21. The first-order chi connectivity index (χ1) is 15.4. The van der Waals surface area contributed by atoms with Crippen molar-refractivity contribution in [1.82, 2.24) is 15.4 Å². The van der Waals surface area contributed by atoms with Gasteiger partial charge in [-0.25, -0.2) is 10.2 Å². The second-order valence-corrected chi connectivity index (χ2v) is 7.14. The molecule has 0 aliphatic heterocycles. The minimum atomic E-state index is -0.620. The van der Waals surface area contributed by atoms with Crippen molar-refractivity contribution < 1.29 is 14.3 Å². The molecule has 32 heavy (non-hydrogen) atoms. The number of aromatic amines is 2. The van der Waals surface area contributed by atoms with Gasteiger partial charge >= 0.3 is 5.69 Å². The van der Waals surface area contributed by atoms with Gasteiger partial charge in [0, 0.05) is 16.8 Å². The molecule has 0 saturated heterocycles. The number of carbonyl (C=O) groups is 1. The zero-order chi connectivity index (χ0) is 23.1. The topological polar surface area (TPSA) is 126 Å². The molecule has 0 fully saturated rings. The first-order valence-corrected chi connectivity index (χ1v) is 9.86. The molecule has 1 amide bonds. The lowest BCUT2D eigenvalue weighted by molar-refractivity contribution is -0.120. The number of H-pyrrole nitrogens is 2. The number of hydrazone groups is 1. The van der Waals surface area contributed by atoms with Crippen molar-refractivity contribution >= 4 is 12.1 Å². The Hall–Kier alpha value is -4.14. The van der Waals surface area contributed by atoms with Gasteiger partial charge in [0.2, 0.25) is 5.91 Å². The van der Waals surface area contributed by atoms with Gasteiger partial charge in [0.1, 0.15) is 6.61 Å². The van der Waals surface area contributed by atoms with Gasteiger partial charge in [-0.1, -0.05) is 35.9 Å². The Morgan fingerprint density at radius 2 is 1.91 bits per heavy atom. The third-order valence-corrected chi connectivity index (χ3v) is 4.68. The number of para-hydroxylation sites is 1. The monoisotopic (exact) mass is 436 g/mol. The number of nitrogens with zero attached hydrogens (tertiary/aromatic N) is 1. The number of hydrogen-bond donors (Lipinski definition) is 3. The zero-order valence-corrected chi connectivity index (χ0v) is 18.0. The number of benzene rings is 2. The number of carbonyl (C=O) groups excluding carboxylic acids is 1. The van der Waals surface area contributed by atoms with E-state index in [-0.39, 0.29) is 12.0 Å². The quantitative estimate of drug-likeness (QED) is 0.368. The molecule has 3 N–H and O–H groups in total. The lowest BCUT2D eigenvalue weighted by atomic mass is 10.1. The summed E-state index contributed by atoms with van der Waals surface area (Å²) < 4.78 is 11.4. The fourth-order valence-electron chi connectivity index (χ4n) is 3.12. The van der Waals surface area contributed by atoms with Gasteiger partial charge in [-0.2, -0.15) is 5.10 Å². The van der Waals surface area contributed by atoms with E-state index in [9.17, 15) is 14.4 Å². The van der Waals surface area contributed by atoms with E-state index in [2.05, 4.69) is 20.5 Å². The molecule has 0 spiro atoms. The minimum Gasteiger partial charge on any atom is -0.493 e. The van der Waals surface area contributed by atoms with E-state index in [0.717, 1.165) is 11.1 Å². The van der Waals surface area contributed by atoms with Crippen LogP contribution in [-0.2, 0) is 17.8 Å². The molecule has 0 aliphatic rings. The molecule has 0 saturated carbocycles. The van der Waals surface area contributed by atoms with Crippen molar-refractivity contribution in [2.75, 3.05) is 7.11 Å². The number of methoxy groups -OCH3 is 1. The SMILES string of the molecule is COc1cccc(/C=N\NC(=O)Cc2c(C)[nH]c(=O)[nH]c2=O)c1OCc1cccc(C)c1. The van der Waals surface area contributed by atoms with Crippen molar-refractivity contribution in [3.05, 3.63) is 91.3 Å². The van der Waals surface area contributed by atoms with Crippen LogP contribution in [0.3, 0.4) is 0 Å². The molecule has 3 aromatic rings. The Kier molecular flexibility index (Phi) is 7.22. The molecule has 166 valence electrons. The molecule has 2 aromatic carbocycles. The van der Waals surface area contributed by atoms with Gasteiger partial charge in [-0.15, -0.1) is 0 Å². The van der Waals surface area contributed by atoms with Gasteiger partial charge in [0.25, 0.3) is 5.56 Å². The summed E-state index contributed by atoms with van der Waals surface area (Å²) in [5.41, 5.74) is 4.40. The van der Waals surface area contributed by atoms with Crippen LogP contribution in [0.4, 0.5) is 0 Å². The first kappa shape index (κ1) is 22.5. The fraction of sp³-hybridized carbons (Fsp3) is 0.217. The van der Waals surface area contributed by atoms with Crippen LogP contribution >= 0.6 is 0 Å². The van der Waals surface area contributed by atoms with Crippen LogP contribution in [0.25, 0.3) is 0 Å². The van der Waals surface area contributed by atoms with Gasteiger partial charge in [-0.05, 0) is 31.5 Å². The van der Waals surface area contributed by atoms with E-state index in [1.54, 1.807) is 32.2 Å². The molecule has 9 heteroatoms. The van der Waals surface area contributed by atoms with E-state index < -0.39 is 17.2 Å². The van der Waals surface area contributed by atoms with Crippen molar-refractivity contribution in [3.63, 3.8) is 0 Å². The lowest BCUT2D eigenvalue weighted by Crippen LogP contribution is -2.30. The van der Waals surface area contributed by atoms with Crippen molar-refractivity contribution in [3.8, 4) is 11.5 Å². The Balaban J connectivity index is 1.72. The van der Waals surface area contributed by atoms with Gasteiger partial charge in [0.05, 0.1) is 19.7 Å². The molecule has 0 unspecified atom stereocenters. The summed E-state index contributed by atoms with van der Waals surface area (Å²) in [5.74, 6) is 0.512. The highest BCUT2D eigenvalue weighted by Gasteiger charge is 2.12. The number of nitrogens with one attached hydrogen (secondary N) is 3. The van der Waals surface area contributed by atoms with Crippen molar-refractivity contribution in [2.24, 2.45) is 5.10 Å². The molecule has 0 atom stereocenters. The number of ether oxygens (including phenoxy) is 2. The molecule has 1 heterocycles. The largest absolute Gasteiger partial charge is 0.493 e. The number of rotatable bonds is 8. The summed E-state index contributed by atoms with van der Waals surface area (Å²) in [4.78, 5) is 39.9. The molecule has 0 aliphatic carbocycles. The molecule has 0 bridgehead atoms. The molecule has 9 nitrogen and oxygen atoms in total. The summed E-state index contributed by atoms with van der Waals surface area (Å²) >= 11 is 0. The zero-order valence-electron chi connectivity index (χ0n) is 18.0. The van der Waals surface area contributed by atoms with Gasteiger partial charge in [0.15, 0.2) is 11.5 Å². The second-order valence-electron chi connectivity index (χ2n) is 7.14. The second kappa shape index (κ2) is 10.3. The highest BCUT2D eigenvalue weighted by atomic mass is 16.5. The standard InChI is InChI=1S/C23H24N4O5/c1-14-6-4-7-16(10-14)13-32-21-17(8-5-9-19(21)31-3)12-24-27-20(28)11-18-15(2)25-23(30)26-22(18)29/h4-10,12H,11,13H2,1-3H3,(H,27,28)(H2,25,26,29,30)/b24-12-. The van der Waals surface area contributed by atoms with Crippen LogP contribution in [0.2, 0.25) is 0 Å². The smallest absolute Gasteiger partial charge is 0.325 e. The average molecular weight is 436 g/mol. The predicted molar refractivity (Wildman–Crippen MR) is 120 cm³/mol. The molecule has 1 aromatic heterocycles. The van der Waals surface area contributed by atoms with Crippen LogP contribution < -0.4 is 26.1 Å². The normalized spacial score (nSPS) is 10.8. The van der Waals surface area contributed by atoms with Crippen LogP contribution in [-0.4, -0.2) is 29.2 Å². The fourth-order valence-corrected chi connectivity index (χ4v) is 3.12. The van der Waals surface area contributed by atoms with Gasteiger partial charge < -0.3 is 14.5 Å². The van der Waals surface area contributed by atoms with Crippen LogP contribution in [0.1, 0.15) is 27.9 Å². The molecule has 3 rings (SSSR count). The maximum absolute atomic E-state index is 12.2. The number of aromatic nitrogens is 2. The minimum absolute atomic E-state index is 0.167. The number of hydrogen-bond acceptors (Lipinski definition) is 6. The molecular formula is C23H24N4O5. The van der Waals surface area contributed by atoms with Crippen LogP contribution in [0.5, 0.6) is 11.5 Å². The van der Waals surface area contributed by atoms with Gasteiger partial charge in [-0.3, -0.25) is 14.6 Å². The third-order valence-electron chi connectivity index (χ3n) is 4.68. The average Bonchev–Trinajstić information content (AvgIpc) is 2.75. The highest BCUT2D eigenvalue weighted by Crippen LogP contribution is 2.30. The Morgan fingerprint density at radius 1 is 1.12 bits per heavy atom. The Bertz CT molecular complexity index is 1260.